The average Bonchev–Trinajstić information content (AvgIpc) is 2.46. The van der Waals surface area contributed by atoms with Crippen LogP contribution in [0.25, 0.3) is 11.3 Å². The zero-order valence-corrected chi connectivity index (χ0v) is 10.0. The number of nitrogens with zero attached hydrogens (tertiary/aromatic N) is 1. The summed E-state index contributed by atoms with van der Waals surface area (Å²) in [6.45, 7) is 3.41. The third kappa shape index (κ3) is 2.79. The molecule has 1 atom stereocenters. The summed E-state index contributed by atoms with van der Waals surface area (Å²) in [7, 11) is 0. The molecular formula is C15H11NO3. The fourth-order valence-electron chi connectivity index (χ4n) is 1.61. The molecule has 1 aromatic carbocycles. The molecule has 19 heavy (non-hydrogen) atoms. The van der Waals surface area contributed by atoms with E-state index in [-0.39, 0.29) is 16.8 Å². The second-order valence-electron chi connectivity index (χ2n) is 3.97. The van der Waals surface area contributed by atoms with Gasteiger partial charge in [-0.25, -0.2) is 0 Å². The molecule has 0 aliphatic heterocycles. The van der Waals surface area contributed by atoms with E-state index in [2.05, 4.69) is 6.58 Å². The standard InChI is InChI=1S/C15H11NO3/c1-10(9-16)15(18)14-8-12(17)7-13(19-14)11-5-3-2-4-6-11/h2-8,15,18H,1H2. The molecule has 2 aromatic rings. The minimum atomic E-state index is -1.30. The van der Waals surface area contributed by atoms with Crippen molar-refractivity contribution in [3.63, 3.8) is 0 Å². The Morgan fingerprint density at radius 3 is 2.63 bits per heavy atom. The zero-order valence-electron chi connectivity index (χ0n) is 10.0. The van der Waals surface area contributed by atoms with Crippen LogP contribution in [0.1, 0.15) is 11.9 Å². The summed E-state index contributed by atoms with van der Waals surface area (Å²) in [4.78, 5) is 11.6. The average molecular weight is 253 g/mol. The molecule has 1 unspecified atom stereocenters. The monoisotopic (exact) mass is 253 g/mol. The van der Waals surface area contributed by atoms with Crippen molar-refractivity contribution in [2.45, 2.75) is 6.10 Å². The largest absolute Gasteiger partial charge is 0.458 e. The zero-order chi connectivity index (χ0) is 13.8. The molecule has 2 rings (SSSR count). The molecule has 0 radical (unpaired) electrons. The number of nitriles is 1. The van der Waals surface area contributed by atoms with Crippen LogP contribution in [-0.4, -0.2) is 5.11 Å². The van der Waals surface area contributed by atoms with E-state index < -0.39 is 6.10 Å². The summed E-state index contributed by atoms with van der Waals surface area (Å²) in [5, 5.41) is 18.5. The topological polar surface area (TPSA) is 74.2 Å². The van der Waals surface area contributed by atoms with Gasteiger partial charge < -0.3 is 9.52 Å². The van der Waals surface area contributed by atoms with Crippen LogP contribution in [0.5, 0.6) is 0 Å². The van der Waals surface area contributed by atoms with Gasteiger partial charge in [0.15, 0.2) is 5.43 Å². The van der Waals surface area contributed by atoms with E-state index in [9.17, 15) is 9.90 Å². The molecule has 1 aromatic heterocycles. The van der Waals surface area contributed by atoms with Crippen molar-refractivity contribution in [1.82, 2.24) is 0 Å². The van der Waals surface area contributed by atoms with Gasteiger partial charge in [0, 0.05) is 17.7 Å². The van der Waals surface area contributed by atoms with Crippen LogP contribution in [-0.2, 0) is 0 Å². The van der Waals surface area contributed by atoms with Gasteiger partial charge in [0.05, 0.1) is 11.6 Å². The quantitative estimate of drug-likeness (QED) is 0.852. The summed E-state index contributed by atoms with van der Waals surface area (Å²) in [6, 6.07) is 13.3. The van der Waals surface area contributed by atoms with Crippen molar-refractivity contribution in [3.8, 4) is 17.4 Å². The Labute approximate surface area is 109 Å². The molecule has 1 heterocycles. The molecule has 4 nitrogen and oxygen atoms in total. The highest BCUT2D eigenvalue weighted by Gasteiger charge is 2.16. The molecule has 0 saturated heterocycles. The maximum atomic E-state index is 11.6. The van der Waals surface area contributed by atoms with Gasteiger partial charge in [0.2, 0.25) is 0 Å². The van der Waals surface area contributed by atoms with Crippen LogP contribution in [0.2, 0.25) is 0 Å². The van der Waals surface area contributed by atoms with E-state index in [0.29, 0.717) is 5.76 Å². The molecule has 0 saturated carbocycles. The van der Waals surface area contributed by atoms with E-state index >= 15 is 0 Å². The number of hydrogen-bond donors (Lipinski definition) is 1. The molecule has 0 fully saturated rings. The highest BCUT2D eigenvalue weighted by Crippen LogP contribution is 2.24. The molecule has 1 N–H and O–H groups in total. The van der Waals surface area contributed by atoms with Crippen molar-refractivity contribution >= 4 is 0 Å². The van der Waals surface area contributed by atoms with E-state index in [1.54, 1.807) is 18.2 Å². The maximum absolute atomic E-state index is 11.6. The predicted octanol–water partition coefficient (Wildman–Crippen LogP) is 2.42. The maximum Gasteiger partial charge on any atom is 0.185 e. The SMILES string of the molecule is C=C(C#N)C(O)c1cc(=O)cc(-c2ccccc2)o1. The third-order valence-corrected chi connectivity index (χ3v) is 2.59. The van der Waals surface area contributed by atoms with E-state index in [1.165, 1.54) is 6.07 Å². The Morgan fingerprint density at radius 1 is 1.32 bits per heavy atom. The highest BCUT2D eigenvalue weighted by atomic mass is 16.4. The lowest BCUT2D eigenvalue weighted by Gasteiger charge is -2.09. The predicted molar refractivity (Wildman–Crippen MR) is 70.1 cm³/mol. The molecular weight excluding hydrogens is 242 g/mol. The number of hydrogen-bond acceptors (Lipinski definition) is 4. The second-order valence-corrected chi connectivity index (χ2v) is 3.97. The summed E-state index contributed by atoms with van der Waals surface area (Å²) in [5.41, 5.74) is 0.342. The van der Waals surface area contributed by atoms with Gasteiger partial charge in [-0.3, -0.25) is 4.79 Å². The van der Waals surface area contributed by atoms with Crippen molar-refractivity contribution in [2.75, 3.05) is 0 Å². The molecule has 4 heteroatoms. The van der Waals surface area contributed by atoms with Crippen LogP contribution in [0.4, 0.5) is 0 Å². The lowest BCUT2D eigenvalue weighted by atomic mass is 10.1. The van der Waals surface area contributed by atoms with Gasteiger partial charge in [-0.05, 0) is 0 Å². The van der Waals surface area contributed by atoms with Crippen molar-refractivity contribution in [1.29, 1.82) is 5.26 Å². The molecule has 94 valence electrons. The second kappa shape index (κ2) is 5.34. The molecule has 0 aliphatic rings. The van der Waals surface area contributed by atoms with Gasteiger partial charge in [0.25, 0.3) is 0 Å². The van der Waals surface area contributed by atoms with Crippen LogP contribution in [0.3, 0.4) is 0 Å². The van der Waals surface area contributed by atoms with Crippen molar-refractivity contribution < 1.29 is 9.52 Å². The summed E-state index contributed by atoms with van der Waals surface area (Å²) >= 11 is 0. The smallest absolute Gasteiger partial charge is 0.185 e. The highest BCUT2D eigenvalue weighted by molar-refractivity contribution is 5.56. The minimum Gasteiger partial charge on any atom is -0.458 e. The summed E-state index contributed by atoms with van der Waals surface area (Å²) < 4.78 is 5.47. The first-order valence-electron chi connectivity index (χ1n) is 5.59. The molecule has 0 bridgehead atoms. The van der Waals surface area contributed by atoms with Gasteiger partial charge >= 0.3 is 0 Å². The van der Waals surface area contributed by atoms with Gasteiger partial charge in [0.1, 0.15) is 17.6 Å². The number of aliphatic hydroxyl groups excluding tert-OH is 1. The van der Waals surface area contributed by atoms with Crippen LogP contribution in [0, 0.1) is 11.3 Å². The van der Waals surface area contributed by atoms with Gasteiger partial charge in [-0.1, -0.05) is 36.9 Å². The Bertz CT molecular complexity index is 695. The Balaban J connectivity index is 2.50. The first-order chi connectivity index (χ1) is 9.11. The number of aliphatic hydroxyl groups is 1. The van der Waals surface area contributed by atoms with Gasteiger partial charge in [-0.2, -0.15) is 5.26 Å². The van der Waals surface area contributed by atoms with E-state index in [4.69, 9.17) is 9.68 Å². The molecule has 0 amide bonds. The first kappa shape index (κ1) is 12.8. The van der Waals surface area contributed by atoms with Crippen LogP contribution in [0.15, 0.2) is 63.8 Å². The Morgan fingerprint density at radius 2 is 2.00 bits per heavy atom. The van der Waals surface area contributed by atoms with Crippen molar-refractivity contribution in [2.24, 2.45) is 0 Å². The molecule has 0 aliphatic carbocycles. The van der Waals surface area contributed by atoms with Crippen LogP contribution < -0.4 is 5.43 Å². The van der Waals surface area contributed by atoms with E-state index in [1.807, 2.05) is 18.2 Å². The Hall–Kier alpha value is -2.64. The van der Waals surface area contributed by atoms with Crippen LogP contribution >= 0.6 is 0 Å². The lowest BCUT2D eigenvalue weighted by molar-refractivity contribution is 0.188. The lowest BCUT2D eigenvalue weighted by Crippen LogP contribution is -2.06. The summed E-state index contributed by atoms with van der Waals surface area (Å²) in [6.07, 6.45) is -1.30. The molecule has 0 spiro atoms. The van der Waals surface area contributed by atoms with Crippen molar-refractivity contribution in [3.05, 3.63) is 70.6 Å². The fourth-order valence-corrected chi connectivity index (χ4v) is 1.61. The first-order valence-corrected chi connectivity index (χ1v) is 5.59. The number of benzene rings is 1. The Kier molecular flexibility index (Phi) is 3.60. The normalized spacial score (nSPS) is 11.6. The minimum absolute atomic E-state index is 0.0119. The summed E-state index contributed by atoms with van der Waals surface area (Å²) in [5.74, 6) is 0.353. The van der Waals surface area contributed by atoms with Gasteiger partial charge in [-0.15, -0.1) is 0 Å². The third-order valence-electron chi connectivity index (χ3n) is 2.59. The fraction of sp³-hybridized carbons (Fsp3) is 0.0667. The van der Waals surface area contributed by atoms with E-state index in [0.717, 1.165) is 11.6 Å². The number of rotatable bonds is 3.